The van der Waals surface area contributed by atoms with Gasteiger partial charge in [0.1, 0.15) is 5.82 Å². The molecule has 1 saturated heterocycles. The molecule has 1 fully saturated rings. The predicted octanol–water partition coefficient (Wildman–Crippen LogP) is 3.94. The van der Waals surface area contributed by atoms with Crippen LogP contribution in [0, 0.1) is 6.92 Å². The molecule has 7 nitrogen and oxygen atoms in total. The van der Waals surface area contributed by atoms with Crippen LogP contribution in [0.5, 0.6) is 0 Å². The molecular weight excluding hydrogens is 432 g/mol. The zero-order valence-corrected chi connectivity index (χ0v) is 20.2. The van der Waals surface area contributed by atoms with Gasteiger partial charge in [0, 0.05) is 62.9 Å². The predicted molar refractivity (Wildman–Crippen MR) is 135 cm³/mol. The second-order valence-electron chi connectivity index (χ2n) is 8.38. The van der Waals surface area contributed by atoms with Crippen molar-refractivity contribution in [1.82, 2.24) is 19.6 Å². The first-order valence-electron chi connectivity index (χ1n) is 11.6. The first kappa shape index (κ1) is 23.2. The highest BCUT2D eigenvalue weighted by Gasteiger charge is 2.20. The van der Waals surface area contributed by atoms with E-state index in [1.54, 1.807) is 0 Å². The number of carbonyl (C=O) groups excluding carboxylic acids is 1. The lowest BCUT2D eigenvalue weighted by atomic mass is 10.1. The first-order valence-corrected chi connectivity index (χ1v) is 12.4. The van der Waals surface area contributed by atoms with E-state index in [1.807, 2.05) is 24.3 Å². The Balaban J connectivity index is 1.18. The second-order valence-corrected chi connectivity index (χ2v) is 9.11. The van der Waals surface area contributed by atoms with Gasteiger partial charge in [-0.15, -0.1) is 0 Å². The van der Waals surface area contributed by atoms with E-state index in [4.69, 9.17) is 4.98 Å². The van der Waals surface area contributed by atoms with Crippen LogP contribution in [0.25, 0.3) is 0 Å². The average molecular weight is 465 g/mol. The molecule has 1 aliphatic rings. The third kappa shape index (κ3) is 6.52. The number of anilines is 2. The summed E-state index contributed by atoms with van der Waals surface area (Å²) in [5.41, 5.74) is 4.53. The Hall–Kier alpha value is -2.97. The summed E-state index contributed by atoms with van der Waals surface area (Å²) in [5, 5.41) is 6.94. The molecule has 0 bridgehead atoms. The van der Waals surface area contributed by atoms with Gasteiger partial charge in [-0.05, 0) is 30.5 Å². The molecule has 8 heteroatoms. The highest BCUT2D eigenvalue weighted by molar-refractivity contribution is 7.09. The third-order valence-corrected chi connectivity index (χ3v) is 6.76. The average Bonchev–Trinajstić information content (AvgIpc) is 3.30. The van der Waals surface area contributed by atoms with Gasteiger partial charge in [0.25, 0.3) is 0 Å². The summed E-state index contributed by atoms with van der Waals surface area (Å²) in [4.78, 5) is 21.7. The molecule has 174 valence electrons. The fourth-order valence-corrected chi connectivity index (χ4v) is 4.68. The maximum absolute atomic E-state index is 12.2. The van der Waals surface area contributed by atoms with Crippen LogP contribution in [0.4, 0.5) is 15.6 Å². The minimum atomic E-state index is -0.149. The van der Waals surface area contributed by atoms with Crippen LogP contribution >= 0.6 is 11.5 Å². The third-order valence-electron chi connectivity index (χ3n) is 5.94. The molecule has 1 aromatic heterocycles. The summed E-state index contributed by atoms with van der Waals surface area (Å²) in [6, 6.07) is 16.3. The fourth-order valence-electron chi connectivity index (χ4n) is 3.94. The van der Waals surface area contributed by atoms with E-state index in [2.05, 4.69) is 62.9 Å². The Kier molecular flexibility index (Phi) is 7.91. The van der Waals surface area contributed by atoms with E-state index in [-0.39, 0.29) is 6.03 Å². The zero-order chi connectivity index (χ0) is 23.0. The molecule has 2 amide bonds. The summed E-state index contributed by atoms with van der Waals surface area (Å²) < 4.78 is 4.56. The molecule has 2 heterocycles. The zero-order valence-electron chi connectivity index (χ0n) is 19.4. The number of benzene rings is 2. The van der Waals surface area contributed by atoms with Crippen LogP contribution in [0.3, 0.4) is 0 Å². The van der Waals surface area contributed by atoms with Crippen molar-refractivity contribution in [3.8, 4) is 0 Å². The molecule has 0 atom stereocenters. The Morgan fingerprint density at radius 2 is 1.82 bits per heavy atom. The van der Waals surface area contributed by atoms with E-state index >= 15 is 0 Å². The first-order chi connectivity index (χ1) is 16.1. The fraction of sp³-hybridized carbons (Fsp3) is 0.400. The lowest BCUT2D eigenvalue weighted by Gasteiger charge is -2.34. The number of para-hydroxylation sites is 1. The Morgan fingerprint density at radius 3 is 2.58 bits per heavy atom. The van der Waals surface area contributed by atoms with Crippen molar-refractivity contribution in [3.63, 3.8) is 0 Å². The highest BCUT2D eigenvalue weighted by Crippen LogP contribution is 2.20. The lowest BCUT2D eigenvalue weighted by molar-refractivity contribution is 0.240. The molecule has 0 spiro atoms. The molecular formula is C25H32N6OS. The van der Waals surface area contributed by atoms with Gasteiger partial charge in [-0.1, -0.05) is 55.0 Å². The number of hydrogen-bond donors (Lipinski definition) is 2. The van der Waals surface area contributed by atoms with Gasteiger partial charge in [-0.2, -0.15) is 4.37 Å². The van der Waals surface area contributed by atoms with Crippen molar-refractivity contribution < 1.29 is 4.79 Å². The van der Waals surface area contributed by atoms with Crippen molar-refractivity contribution in [1.29, 1.82) is 0 Å². The number of rotatable bonds is 8. The van der Waals surface area contributed by atoms with Gasteiger partial charge in [-0.25, -0.2) is 9.78 Å². The van der Waals surface area contributed by atoms with Crippen LogP contribution in [-0.4, -0.2) is 59.6 Å². The van der Waals surface area contributed by atoms with E-state index in [1.165, 1.54) is 22.7 Å². The molecule has 0 unspecified atom stereocenters. The SMILES string of the molecule is CCc1ccccc1NC(=O)NCCN1CCN(c2nc(Cc3ccc(C)cc3)ns2)CC1. The number of aryl methyl sites for hydroxylation is 2. The number of piperazine rings is 1. The van der Waals surface area contributed by atoms with Crippen molar-refractivity contribution >= 4 is 28.4 Å². The Morgan fingerprint density at radius 1 is 1.06 bits per heavy atom. The summed E-state index contributed by atoms with van der Waals surface area (Å²) in [6.45, 7) is 9.41. The number of nitrogens with zero attached hydrogens (tertiary/aromatic N) is 4. The number of amides is 2. The monoisotopic (exact) mass is 464 g/mol. The van der Waals surface area contributed by atoms with Gasteiger partial charge >= 0.3 is 6.03 Å². The summed E-state index contributed by atoms with van der Waals surface area (Å²) in [6.07, 6.45) is 1.66. The van der Waals surface area contributed by atoms with Crippen LogP contribution in [0.2, 0.25) is 0 Å². The van der Waals surface area contributed by atoms with Gasteiger partial charge in [0.15, 0.2) is 0 Å². The van der Waals surface area contributed by atoms with Crippen LogP contribution < -0.4 is 15.5 Å². The minimum absolute atomic E-state index is 0.149. The summed E-state index contributed by atoms with van der Waals surface area (Å²) in [7, 11) is 0. The number of nitrogens with one attached hydrogen (secondary N) is 2. The summed E-state index contributed by atoms with van der Waals surface area (Å²) >= 11 is 1.49. The molecule has 33 heavy (non-hydrogen) atoms. The normalized spacial score (nSPS) is 14.3. The van der Waals surface area contributed by atoms with Crippen molar-refractivity contribution in [2.45, 2.75) is 26.7 Å². The number of carbonyl (C=O) groups is 1. The standard InChI is InChI=1S/C25H32N6OS/c1-3-21-6-4-5-7-22(21)27-24(32)26-12-13-30-14-16-31(17-15-30)25-28-23(29-33-25)18-20-10-8-19(2)9-11-20/h4-11H,3,12-18H2,1-2H3,(H2,26,27,32). The van der Waals surface area contributed by atoms with Gasteiger partial charge in [0.05, 0.1) is 0 Å². The van der Waals surface area contributed by atoms with E-state index < -0.39 is 0 Å². The quantitative estimate of drug-likeness (QED) is 0.528. The smallest absolute Gasteiger partial charge is 0.319 e. The molecule has 0 saturated carbocycles. The largest absolute Gasteiger partial charge is 0.344 e. The van der Waals surface area contributed by atoms with E-state index in [0.29, 0.717) is 6.54 Å². The topological polar surface area (TPSA) is 73.4 Å². The molecule has 1 aliphatic heterocycles. The van der Waals surface area contributed by atoms with Crippen LogP contribution in [-0.2, 0) is 12.8 Å². The molecule has 0 radical (unpaired) electrons. The maximum Gasteiger partial charge on any atom is 0.319 e. The van der Waals surface area contributed by atoms with Crippen molar-refractivity contribution in [2.24, 2.45) is 0 Å². The van der Waals surface area contributed by atoms with Gasteiger partial charge in [-0.3, -0.25) is 4.90 Å². The van der Waals surface area contributed by atoms with Crippen LogP contribution in [0.1, 0.15) is 29.4 Å². The van der Waals surface area contributed by atoms with Crippen LogP contribution in [0.15, 0.2) is 48.5 Å². The number of aromatic nitrogens is 2. The number of hydrogen-bond acceptors (Lipinski definition) is 6. The second kappa shape index (κ2) is 11.2. The van der Waals surface area contributed by atoms with E-state index in [9.17, 15) is 4.79 Å². The maximum atomic E-state index is 12.2. The lowest BCUT2D eigenvalue weighted by Crippen LogP contribution is -2.48. The number of urea groups is 1. The molecule has 0 aliphatic carbocycles. The highest BCUT2D eigenvalue weighted by atomic mass is 32.1. The summed E-state index contributed by atoms with van der Waals surface area (Å²) in [5.74, 6) is 0.890. The molecule has 3 aromatic rings. The van der Waals surface area contributed by atoms with Gasteiger partial charge in [0.2, 0.25) is 5.13 Å². The van der Waals surface area contributed by atoms with Crippen molar-refractivity contribution in [3.05, 3.63) is 71.0 Å². The Labute approximate surface area is 200 Å². The Bertz CT molecular complexity index is 1040. The van der Waals surface area contributed by atoms with E-state index in [0.717, 1.165) is 67.8 Å². The van der Waals surface area contributed by atoms with Crippen molar-refractivity contribution in [2.75, 3.05) is 49.5 Å². The molecule has 4 rings (SSSR count). The van der Waals surface area contributed by atoms with Gasteiger partial charge < -0.3 is 15.5 Å². The molecule has 2 N–H and O–H groups in total. The molecule has 2 aromatic carbocycles. The minimum Gasteiger partial charge on any atom is -0.344 e.